The van der Waals surface area contributed by atoms with Gasteiger partial charge in [0.1, 0.15) is 17.4 Å². The molecule has 1 heterocycles. The molecule has 0 aliphatic heterocycles. The van der Waals surface area contributed by atoms with Gasteiger partial charge in [-0.25, -0.2) is 4.98 Å². The van der Waals surface area contributed by atoms with Gasteiger partial charge in [0, 0.05) is 22.4 Å². The summed E-state index contributed by atoms with van der Waals surface area (Å²) in [6.45, 7) is 0.396. The van der Waals surface area contributed by atoms with Crippen LogP contribution >= 0.6 is 22.9 Å². The lowest BCUT2D eigenvalue weighted by Gasteiger charge is -2.05. The van der Waals surface area contributed by atoms with Gasteiger partial charge in [0.2, 0.25) is 0 Å². The van der Waals surface area contributed by atoms with E-state index in [9.17, 15) is 4.79 Å². The zero-order valence-electron chi connectivity index (χ0n) is 14.0. The lowest BCUT2D eigenvalue weighted by molar-refractivity contribution is -0.137. The van der Waals surface area contributed by atoms with Crippen molar-refractivity contribution in [1.29, 1.82) is 0 Å². The largest absolute Gasteiger partial charge is 0.486 e. The number of rotatable bonds is 8. The summed E-state index contributed by atoms with van der Waals surface area (Å²) < 4.78 is 5.79. The van der Waals surface area contributed by atoms with Crippen LogP contribution in [0.5, 0.6) is 5.75 Å². The fourth-order valence-corrected chi connectivity index (χ4v) is 3.45. The molecule has 0 atom stereocenters. The predicted octanol–water partition coefficient (Wildman–Crippen LogP) is 5.45. The molecule has 2 aromatic carbocycles. The SMILES string of the molecule is O=C(O)CCCc1ccc(OCc2nc(-c3ccccc3Cl)cs2)cc1. The number of benzene rings is 2. The van der Waals surface area contributed by atoms with Gasteiger partial charge in [-0.2, -0.15) is 0 Å². The molecule has 0 fully saturated rings. The van der Waals surface area contributed by atoms with E-state index < -0.39 is 5.97 Å². The Balaban J connectivity index is 1.55. The monoisotopic (exact) mass is 387 g/mol. The molecule has 0 spiro atoms. The summed E-state index contributed by atoms with van der Waals surface area (Å²) in [6, 6.07) is 15.4. The maximum Gasteiger partial charge on any atom is 0.303 e. The summed E-state index contributed by atoms with van der Waals surface area (Å²) in [6.07, 6.45) is 1.58. The van der Waals surface area contributed by atoms with Gasteiger partial charge in [0.15, 0.2) is 0 Å². The summed E-state index contributed by atoms with van der Waals surface area (Å²) in [7, 11) is 0. The van der Waals surface area contributed by atoms with Crippen molar-refractivity contribution in [2.45, 2.75) is 25.9 Å². The molecule has 6 heteroatoms. The van der Waals surface area contributed by atoms with Crippen LogP contribution in [0.2, 0.25) is 5.02 Å². The molecular formula is C20H18ClNO3S. The number of halogens is 1. The van der Waals surface area contributed by atoms with E-state index in [2.05, 4.69) is 4.98 Å². The summed E-state index contributed by atoms with van der Waals surface area (Å²) >= 11 is 7.75. The molecule has 0 aliphatic rings. The average molecular weight is 388 g/mol. The fourth-order valence-electron chi connectivity index (χ4n) is 2.51. The topological polar surface area (TPSA) is 59.4 Å². The van der Waals surface area contributed by atoms with Crippen molar-refractivity contribution in [3.8, 4) is 17.0 Å². The van der Waals surface area contributed by atoms with E-state index in [1.54, 1.807) is 0 Å². The molecule has 4 nitrogen and oxygen atoms in total. The van der Waals surface area contributed by atoms with E-state index in [0.717, 1.165) is 34.0 Å². The first kappa shape index (κ1) is 18.4. The molecule has 1 N–H and O–H groups in total. The number of nitrogens with zero attached hydrogens (tertiary/aromatic N) is 1. The molecule has 0 unspecified atom stereocenters. The van der Waals surface area contributed by atoms with Crippen LogP contribution in [0.1, 0.15) is 23.4 Å². The minimum absolute atomic E-state index is 0.191. The number of aromatic nitrogens is 1. The number of aryl methyl sites for hydroxylation is 1. The minimum atomic E-state index is -0.760. The molecule has 0 bridgehead atoms. The average Bonchev–Trinajstić information content (AvgIpc) is 3.10. The van der Waals surface area contributed by atoms with Crippen molar-refractivity contribution in [3.05, 3.63) is 69.5 Å². The van der Waals surface area contributed by atoms with Crippen molar-refractivity contribution < 1.29 is 14.6 Å². The molecule has 0 amide bonds. The van der Waals surface area contributed by atoms with Gasteiger partial charge >= 0.3 is 5.97 Å². The summed E-state index contributed by atoms with van der Waals surface area (Å²) in [5.41, 5.74) is 2.88. The highest BCUT2D eigenvalue weighted by atomic mass is 35.5. The van der Waals surface area contributed by atoms with Gasteiger partial charge in [-0.3, -0.25) is 4.79 Å². The lowest BCUT2D eigenvalue weighted by Crippen LogP contribution is -1.97. The van der Waals surface area contributed by atoms with E-state index in [1.165, 1.54) is 11.3 Å². The second-order valence-electron chi connectivity index (χ2n) is 5.79. The van der Waals surface area contributed by atoms with E-state index >= 15 is 0 Å². The molecule has 0 saturated heterocycles. The zero-order valence-corrected chi connectivity index (χ0v) is 15.6. The maximum atomic E-state index is 10.5. The quantitative estimate of drug-likeness (QED) is 0.558. The molecule has 134 valence electrons. The van der Waals surface area contributed by atoms with Crippen LogP contribution in [0, 0.1) is 0 Å². The van der Waals surface area contributed by atoms with Gasteiger partial charge in [-0.1, -0.05) is 41.9 Å². The highest BCUT2D eigenvalue weighted by Gasteiger charge is 2.08. The Kier molecular flexibility index (Phi) is 6.26. The van der Waals surface area contributed by atoms with Crippen molar-refractivity contribution >= 4 is 28.9 Å². The normalized spacial score (nSPS) is 10.7. The second-order valence-corrected chi connectivity index (χ2v) is 7.14. The molecular weight excluding hydrogens is 370 g/mol. The summed E-state index contributed by atoms with van der Waals surface area (Å²) in [4.78, 5) is 15.1. The van der Waals surface area contributed by atoms with Crippen LogP contribution in [0.15, 0.2) is 53.9 Å². The third-order valence-electron chi connectivity index (χ3n) is 3.84. The highest BCUT2D eigenvalue weighted by Crippen LogP contribution is 2.29. The molecule has 0 aliphatic carbocycles. The Morgan fingerprint density at radius 1 is 1.15 bits per heavy atom. The number of ether oxygens (including phenoxy) is 1. The third kappa shape index (κ3) is 5.07. The standard InChI is InChI=1S/C20H18ClNO3S/c21-17-6-2-1-5-16(17)18-13-26-19(22-18)12-25-15-10-8-14(9-11-15)4-3-7-20(23)24/h1-2,5-6,8-11,13H,3-4,7,12H2,(H,23,24). The number of carboxylic acids is 1. The van der Waals surface area contributed by atoms with Crippen LogP contribution < -0.4 is 4.74 Å². The first-order valence-electron chi connectivity index (χ1n) is 8.24. The van der Waals surface area contributed by atoms with Gasteiger partial charge in [0.25, 0.3) is 0 Å². The minimum Gasteiger partial charge on any atom is -0.486 e. The zero-order chi connectivity index (χ0) is 18.4. The lowest BCUT2D eigenvalue weighted by atomic mass is 10.1. The number of hydrogen-bond donors (Lipinski definition) is 1. The van der Waals surface area contributed by atoms with Crippen LogP contribution in [0.4, 0.5) is 0 Å². The smallest absolute Gasteiger partial charge is 0.303 e. The molecule has 0 radical (unpaired) electrons. The Morgan fingerprint density at radius 2 is 1.92 bits per heavy atom. The molecule has 0 saturated carbocycles. The first-order chi connectivity index (χ1) is 12.6. The van der Waals surface area contributed by atoms with Gasteiger partial charge in [-0.15, -0.1) is 11.3 Å². The number of carbonyl (C=O) groups is 1. The number of hydrogen-bond acceptors (Lipinski definition) is 4. The Morgan fingerprint density at radius 3 is 2.65 bits per heavy atom. The van der Waals surface area contributed by atoms with Crippen LogP contribution in [-0.2, 0) is 17.8 Å². The van der Waals surface area contributed by atoms with Gasteiger partial charge in [-0.05, 0) is 36.6 Å². The highest BCUT2D eigenvalue weighted by molar-refractivity contribution is 7.09. The second kappa shape index (κ2) is 8.83. The van der Waals surface area contributed by atoms with Crippen LogP contribution in [-0.4, -0.2) is 16.1 Å². The van der Waals surface area contributed by atoms with E-state index in [0.29, 0.717) is 18.1 Å². The predicted molar refractivity (Wildman–Crippen MR) is 104 cm³/mol. The summed E-state index contributed by atoms with van der Waals surface area (Å²) in [5, 5.41) is 12.2. The third-order valence-corrected chi connectivity index (χ3v) is 5.00. The Labute approximate surface area is 161 Å². The number of thiazole rings is 1. The Hall–Kier alpha value is -2.37. The number of aliphatic carboxylic acids is 1. The van der Waals surface area contributed by atoms with Crippen molar-refractivity contribution in [2.24, 2.45) is 0 Å². The van der Waals surface area contributed by atoms with Gasteiger partial charge in [0.05, 0.1) is 5.69 Å². The summed E-state index contributed by atoms with van der Waals surface area (Å²) in [5.74, 6) is 0.00559. The van der Waals surface area contributed by atoms with Crippen LogP contribution in [0.25, 0.3) is 11.3 Å². The van der Waals surface area contributed by atoms with Crippen molar-refractivity contribution in [3.63, 3.8) is 0 Å². The van der Waals surface area contributed by atoms with Crippen molar-refractivity contribution in [1.82, 2.24) is 4.98 Å². The molecule has 3 aromatic rings. The van der Waals surface area contributed by atoms with E-state index in [-0.39, 0.29) is 6.42 Å². The molecule has 1 aromatic heterocycles. The molecule has 3 rings (SSSR count). The Bertz CT molecular complexity index is 877. The van der Waals surface area contributed by atoms with Gasteiger partial charge < -0.3 is 9.84 Å². The van der Waals surface area contributed by atoms with Crippen molar-refractivity contribution in [2.75, 3.05) is 0 Å². The maximum absolute atomic E-state index is 10.5. The van der Waals surface area contributed by atoms with E-state index in [1.807, 2.05) is 53.9 Å². The van der Waals surface area contributed by atoms with E-state index in [4.69, 9.17) is 21.4 Å². The fraction of sp³-hybridized carbons (Fsp3) is 0.200. The van der Waals surface area contributed by atoms with Crippen LogP contribution in [0.3, 0.4) is 0 Å². The first-order valence-corrected chi connectivity index (χ1v) is 9.50. The molecule has 26 heavy (non-hydrogen) atoms. The number of carboxylic acid groups (broad SMARTS) is 1.